The predicted octanol–water partition coefficient (Wildman–Crippen LogP) is 3.34. The molecule has 0 saturated carbocycles. The Morgan fingerprint density at radius 2 is 1.45 bits per heavy atom. The smallest absolute Gasteiger partial charge is 0.273 e. The fourth-order valence-corrected chi connectivity index (χ4v) is 3.03. The monoisotopic (exact) mass is 304 g/mol. The third kappa shape index (κ3) is 2.05. The minimum atomic E-state index is -0.193. The maximum absolute atomic E-state index is 11.9. The summed E-state index contributed by atoms with van der Waals surface area (Å²) in [6, 6.07) is 18.5. The van der Waals surface area contributed by atoms with E-state index in [1.165, 1.54) is 0 Å². The van der Waals surface area contributed by atoms with Crippen molar-refractivity contribution < 1.29 is 4.79 Å². The van der Waals surface area contributed by atoms with E-state index in [9.17, 15) is 4.79 Å². The highest BCUT2D eigenvalue weighted by molar-refractivity contribution is 7.80. The van der Waals surface area contributed by atoms with Gasteiger partial charge in [-0.25, -0.2) is 0 Å². The second-order valence-electron chi connectivity index (χ2n) is 5.20. The SMILES string of the molecule is O=C1NC(=S)N/C1=C\c1c2ccccc2cc2ccccc12. The lowest BCUT2D eigenvalue weighted by Gasteiger charge is -2.09. The van der Waals surface area contributed by atoms with E-state index < -0.39 is 0 Å². The van der Waals surface area contributed by atoms with Gasteiger partial charge in [0, 0.05) is 0 Å². The molecule has 0 aromatic heterocycles. The molecule has 2 N–H and O–H groups in total. The molecule has 0 spiro atoms. The molecule has 0 unspecified atom stereocenters. The zero-order chi connectivity index (χ0) is 15.1. The van der Waals surface area contributed by atoms with Crippen LogP contribution < -0.4 is 10.6 Å². The maximum atomic E-state index is 11.9. The normalized spacial score (nSPS) is 16.3. The van der Waals surface area contributed by atoms with Gasteiger partial charge in [-0.2, -0.15) is 0 Å². The summed E-state index contributed by atoms with van der Waals surface area (Å²) in [5.41, 5.74) is 1.50. The van der Waals surface area contributed by atoms with Gasteiger partial charge in [-0.15, -0.1) is 0 Å². The van der Waals surface area contributed by atoms with E-state index in [4.69, 9.17) is 12.2 Å². The average Bonchev–Trinajstić information content (AvgIpc) is 2.84. The highest BCUT2D eigenvalue weighted by Crippen LogP contribution is 2.30. The highest BCUT2D eigenvalue weighted by Gasteiger charge is 2.20. The van der Waals surface area contributed by atoms with Crippen molar-refractivity contribution in [2.24, 2.45) is 0 Å². The number of benzene rings is 3. The van der Waals surface area contributed by atoms with Crippen LogP contribution >= 0.6 is 12.2 Å². The molecule has 3 aromatic carbocycles. The van der Waals surface area contributed by atoms with Gasteiger partial charge in [0.15, 0.2) is 5.11 Å². The molecule has 1 heterocycles. The molecular weight excluding hydrogens is 292 g/mol. The van der Waals surface area contributed by atoms with E-state index in [1.807, 2.05) is 30.3 Å². The van der Waals surface area contributed by atoms with Crippen molar-refractivity contribution >= 4 is 50.9 Å². The van der Waals surface area contributed by atoms with Crippen molar-refractivity contribution in [3.05, 3.63) is 65.9 Å². The summed E-state index contributed by atoms with van der Waals surface area (Å²) in [7, 11) is 0. The van der Waals surface area contributed by atoms with Gasteiger partial charge in [0.25, 0.3) is 5.91 Å². The molecule has 3 nitrogen and oxygen atoms in total. The zero-order valence-electron chi connectivity index (χ0n) is 11.6. The molecule has 106 valence electrons. The molecule has 4 rings (SSSR count). The Labute approximate surface area is 132 Å². The lowest BCUT2D eigenvalue weighted by Crippen LogP contribution is -2.21. The number of amides is 1. The fourth-order valence-electron chi connectivity index (χ4n) is 2.83. The van der Waals surface area contributed by atoms with Gasteiger partial charge in [-0.05, 0) is 51.5 Å². The minimum Gasteiger partial charge on any atom is -0.328 e. The largest absolute Gasteiger partial charge is 0.328 e. The van der Waals surface area contributed by atoms with Gasteiger partial charge in [-0.3, -0.25) is 10.1 Å². The van der Waals surface area contributed by atoms with Gasteiger partial charge in [0.2, 0.25) is 0 Å². The molecule has 1 aliphatic rings. The number of thiocarbonyl (C=S) groups is 1. The van der Waals surface area contributed by atoms with Crippen LogP contribution in [0.3, 0.4) is 0 Å². The zero-order valence-corrected chi connectivity index (χ0v) is 12.4. The summed E-state index contributed by atoms with van der Waals surface area (Å²) in [6.45, 7) is 0. The maximum Gasteiger partial charge on any atom is 0.273 e. The number of carbonyl (C=O) groups is 1. The van der Waals surface area contributed by atoms with Gasteiger partial charge < -0.3 is 5.32 Å². The molecular formula is C18H12N2OS. The summed E-state index contributed by atoms with van der Waals surface area (Å²) >= 11 is 5.00. The topological polar surface area (TPSA) is 41.1 Å². The number of nitrogens with one attached hydrogen (secondary N) is 2. The molecule has 4 heteroatoms. The Kier molecular flexibility index (Phi) is 2.91. The van der Waals surface area contributed by atoms with Crippen LogP contribution in [0.15, 0.2) is 60.3 Å². The van der Waals surface area contributed by atoms with Crippen molar-refractivity contribution in [1.82, 2.24) is 10.6 Å². The van der Waals surface area contributed by atoms with Crippen LogP contribution in [0.4, 0.5) is 0 Å². The molecule has 0 atom stereocenters. The Bertz CT molecular complexity index is 921. The molecule has 3 aromatic rings. The molecule has 0 radical (unpaired) electrons. The molecule has 1 amide bonds. The molecule has 0 aliphatic carbocycles. The quantitative estimate of drug-likeness (QED) is 0.411. The van der Waals surface area contributed by atoms with E-state index in [2.05, 4.69) is 41.0 Å². The van der Waals surface area contributed by atoms with E-state index in [0.717, 1.165) is 27.1 Å². The van der Waals surface area contributed by atoms with Crippen LogP contribution in [0.5, 0.6) is 0 Å². The second-order valence-corrected chi connectivity index (χ2v) is 5.61. The van der Waals surface area contributed by atoms with Crippen molar-refractivity contribution in [3.8, 4) is 0 Å². The summed E-state index contributed by atoms with van der Waals surface area (Å²) in [5, 5.41) is 10.4. The van der Waals surface area contributed by atoms with Crippen molar-refractivity contribution in [3.63, 3.8) is 0 Å². The lowest BCUT2D eigenvalue weighted by molar-refractivity contribution is -0.115. The Hall–Kier alpha value is -2.72. The number of fused-ring (bicyclic) bond motifs is 2. The highest BCUT2D eigenvalue weighted by atomic mass is 32.1. The Balaban J connectivity index is 2.07. The van der Waals surface area contributed by atoms with Gasteiger partial charge in [0.1, 0.15) is 5.70 Å². The molecule has 0 bridgehead atoms. The fraction of sp³-hybridized carbons (Fsp3) is 0. The van der Waals surface area contributed by atoms with Crippen LogP contribution in [0, 0.1) is 0 Å². The van der Waals surface area contributed by atoms with Crippen LogP contribution in [-0.4, -0.2) is 11.0 Å². The van der Waals surface area contributed by atoms with Crippen molar-refractivity contribution in [2.75, 3.05) is 0 Å². The Morgan fingerprint density at radius 3 is 2.00 bits per heavy atom. The van der Waals surface area contributed by atoms with Gasteiger partial charge in [0.05, 0.1) is 0 Å². The van der Waals surface area contributed by atoms with Crippen LogP contribution in [0.2, 0.25) is 0 Å². The first-order chi connectivity index (χ1) is 10.7. The molecule has 1 fully saturated rings. The predicted molar refractivity (Wildman–Crippen MR) is 93.3 cm³/mol. The number of hydrogen-bond acceptors (Lipinski definition) is 2. The second kappa shape index (κ2) is 4.93. The summed E-state index contributed by atoms with van der Waals surface area (Å²) < 4.78 is 0. The minimum absolute atomic E-state index is 0.193. The van der Waals surface area contributed by atoms with Crippen LogP contribution in [-0.2, 0) is 4.79 Å². The lowest BCUT2D eigenvalue weighted by atomic mass is 9.96. The molecule has 22 heavy (non-hydrogen) atoms. The van der Waals surface area contributed by atoms with E-state index in [0.29, 0.717) is 10.8 Å². The summed E-state index contributed by atoms with van der Waals surface area (Å²) in [5.74, 6) is -0.193. The third-order valence-electron chi connectivity index (χ3n) is 3.82. The molecule has 1 aliphatic heterocycles. The van der Waals surface area contributed by atoms with Gasteiger partial charge in [-0.1, -0.05) is 48.5 Å². The third-order valence-corrected chi connectivity index (χ3v) is 4.03. The number of carbonyl (C=O) groups excluding carboxylic acids is 1. The first kappa shape index (κ1) is 13.0. The van der Waals surface area contributed by atoms with Gasteiger partial charge >= 0.3 is 0 Å². The summed E-state index contributed by atoms with van der Waals surface area (Å²) in [4.78, 5) is 11.9. The first-order valence-corrected chi connectivity index (χ1v) is 7.38. The van der Waals surface area contributed by atoms with Crippen molar-refractivity contribution in [1.29, 1.82) is 0 Å². The van der Waals surface area contributed by atoms with E-state index in [1.54, 1.807) is 0 Å². The van der Waals surface area contributed by atoms with Crippen LogP contribution in [0.1, 0.15) is 5.56 Å². The van der Waals surface area contributed by atoms with Crippen LogP contribution in [0.25, 0.3) is 27.6 Å². The average molecular weight is 304 g/mol. The molecule has 1 saturated heterocycles. The number of hydrogen-bond donors (Lipinski definition) is 2. The first-order valence-electron chi connectivity index (χ1n) is 6.97. The van der Waals surface area contributed by atoms with Crippen molar-refractivity contribution in [2.45, 2.75) is 0 Å². The van der Waals surface area contributed by atoms with E-state index >= 15 is 0 Å². The Morgan fingerprint density at radius 1 is 0.864 bits per heavy atom. The van der Waals surface area contributed by atoms with E-state index in [-0.39, 0.29) is 5.91 Å². The number of rotatable bonds is 1. The summed E-state index contributed by atoms with van der Waals surface area (Å²) in [6.07, 6.45) is 1.87. The standard InChI is InChI=1S/C18H12N2OS/c21-17-16(19-18(22)20-17)10-15-13-7-3-1-5-11(13)9-12-6-2-4-8-14(12)15/h1-10H,(H2,19,20,21,22)/b16-10-.